The van der Waals surface area contributed by atoms with Gasteiger partial charge in [0.25, 0.3) is 0 Å². The summed E-state index contributed by atoms with van der Waals surface area (Å²) in [6.45, 7) is 0. The van der Waals surface area contributed by atoms with Gasteiger partial charge in [-0.05, 0) is 59.8 Å². The molecule has 8 rings (SSSR count). The van der Waals surface area contributed by atoms with Crippen molar-refractivity contribution < 1.29 is 26.6 Å². The zero-order valence-corrected chi connectivity index (χ0v) is 30.9. The Bertz CT molecular complexity index is 1580. The zero-order valence-electron chi connectivity index (χ0n) is 26.6. The number of hydrogen-bond donors (Lipinski definition) is 0. The van der Waals surface area contributed by atoms with Crippen LogP contribution in [0.4, 0.5) is 0 Å². The summed E-state index contributed by atoms with van der Waals surface area (Å²) in [5.41, 5.74) is 0. The fraction of sp³-hybridized carbons (Fsp3) is 0. The van der Waals surface area contributed by atoms with Gasteiger partial charge in [0, 0.05) is 0 Å². The first kappa shape index (κ1) is 36.3. The predicted molar refractivity (Wildman–Crippen MR) is 211 cm³/mol. The molecule has 0 spiro atoms. The molecule has 7 aromatic carbocycles. The molecule has 0 unspecified atom stereocenters. The summed E-state index contributed by atoms with van der Waals surface area (Å²) in [5.74, 6) is 1.58. The minimum absolute atomic E-state index is 0.446. The number of fused-ring (bicyclic) bond motifs is 1. The van der Waals surface area contributed by atoms with Crippen molar-refractivity contribution >= 4 is 65.0 Å². The van der Waals surface area contributed by atoms with Crippen molar-refractivity contribution in [2.24, 2.45) is 0 Å². The van der Waals surface area contributed by atoms with Gasteiger partial charge in [0.1, 0.15) is 11.5 Å². The first-order valence-electron chi connectivity index (χ1n) is 15.6. The van der Waals surface area contributed by atoms with Crippen molar-refractivity contribution in [3.05, 3.63) is 206 Å². The number of para-hydroxylation sites is 2. The number of halogens is 1. The normalized spacial score (nSPS) is 10.7. The first-order valence-corrected chi connectivity index (χ1v) is 20.6. The molecule has 0 bridgehead atoms. The van der Waals surface area contributed by atoms with Gasteiger partial charge in [0.15, 0.2) is 0 Å². The van der Waals surface area contributed by atoms with Crippen LogP contribution in [0.15, 0.2) is 206 Å². The van der Waals surface area contributed by atoms with Crippen LogP contribution in [0.25, 0.3) is 0 Å². The van der Waals surface area contributed by atoms with Crippen molar-refractivity contribution in [2.45, 2.75) is 0 Å². The Labute approximate surface area is 307 Å². The van der Waals surface area contributed by atoms with Crippen LogP contribution in [0.5, 0.6) is 11.5 Å². The van der Waals surface area contributed by atoms with Crippen LogP contribution in [0.2, 0.25) is 0 Å². The van der Waals surface area contributed by atoms with Crippen LogP contribution in [-0.4, -0.2) is 7.69 Å². The summed E-state index contributed by atoms with van der Waals surface area (Å²) >= 11 is 1.82. The third-order valence-corrected chi connectivity index (χ3v) is 12.2. The van der Waals surface area contributed by atoms with Crippen molar-refractivity contribution in [3.63, 3.8) is 0 Å². The van der Waals surface area contributed by atoms with Gasteiger partial charge in [-0.3, -0.25) is 0 Å². The largest absolute Gasteiger partial charge is 0.0622 e. The molecule has 49 heavy (non-hydrogen) atoms. The van der Waals surface area contributed by atoms with Crippen LogP contribution in [0.3, 0.4) is 0 Å². The quantitative estimate of drug-likeness (QED) is 0.125. The summed E-state index contributed by atoms with van der Waals surface area (Å²) in [5, 5.41) is 8.39. The van der Waals surface area contributed by atoms with E-state index in [-0.39, 0.29) is 0 Å². The van der Waals surface area contributed by atoms with E-state index >= 15 is 0 Å². The molecular formula is C42H35BClO2P2Rh. The predicted octanol–water partition coefficient (Wildman–Crippen LogP) is 8.30. The summed E-state index contributed by atoms with van der Waals surface area (Å²) < 4.78 is 9.90. The molecule has 1 heterocycles. The van der Waals surface area contributed by atoms with Gasteiger partial charge < -0.3 is 9.31 Å². The summed E-state index contributed by atoms with van der Waals surface area (Å²) in [4.78, 5) is 0. The van der Waals surface area contributed by atoms with E-state index in [2.05, 4.69) is 192 Å². The molecule has 0 saturated carbocycles. The second-order valence-electron chi connectivity index (χ2n) is 10.5. The van der Waals surface area contributed by atoms with Gasteiger partial charge in [-0.25, -0.2) is 0 Å². The first-order chi connectivity index (χ1) is 24.4. The van der Waals surface area contributed by atoms with Crippen LogP contribution in [0, 0.1) is 0 Å². The second-order valence-corrected chi connectivity index (χ2v) is 14.9. The molecular weight excluding hydrogens is 748 g/mol. The molecule has 0 aromatic heterocycles. The van der Waals surface area contributed by atoms with Crippen LogP contribution >= 0.6 is 25.5 Å². The van der Waals surface area contributed by atoms with E-state index in [9.17, 15) is 0 Å². The Hall–Kier alpha value is -4.02. The van der Waals surface area contributed by atoms with Crippen molar-refractivity contribution in [1.82, 2.24) is 0 Å². The molecule has 0 amide bonds. The summed E-state index contributed by atoms with van der Waals surface area (Å²) in [6, 6.07) is 72.2. The molecule has 0 N–H and O–H groups in total. The van der Waals surface area contributed by atoms with E-state index in [1.54, 1.807) is 0 Å². The van der Waals surface area contributed by atoms with E-state index in [1.165, 1.54) is 39.5 Å². The van der Waals surface area contributed by atoms with Gasteiger partial charge >= 0.3 is 34.7 Å². The van der Waals surface area contributed by atoms with Crippen LogP contribution in [0.1, 0.15) is 0 Å². The van der Waals surface area contributed by atoms with Gasteiger partial charge in [0.2, 0.25) is 0 Å². The Morgan fingerprint density at radius 2 is 0.490 bits per heavy atom. The maximum Gasteiger partial charge on any atom is -0.0134 e. The smallest absolute Gasteiger partial charge is 0.0134 e. The van der Waals surface area contributed by atoms with E-state index in [4.69, 9.17) is 9.31 Å². The molecule has 1 radical (unpaired) electrons. The van der Waals surface area contributed by atoms with Gasteiger partial charge in [-0.15, -0.1) is 0 Å². The molecule has 7 aromatic rings. The second kappa shape index (κ2) is 20.5. The Kier molecular flexibility index (Phi) is 15.2. The fourth-order valence-corrected chi connectivity index (χ4v) is 9.74. The van der Waals surface area contributed by atoms with E-state index in [0.717, 1.165) is 11.5 Å². The fourth-order valence-electron chi connectivity index (χ4n) is 5.13. The van der Waals surface area contributed by atoms with Gasteiger partial charge in [-0.2, -0.15) is 0 Å². The SMILES string of the molecule is [B]1Oc2ccccc2O1.[Cl][RhH].c1ccc(P(c2ccccc2)c2ccccc2)cc1.c1ccc(P(c2ccccc2)c2ccccc2)cc1. The molecule has 0 saturated heterocycles. The molecule has 1 aliphatic heterocycles. The zero-order chi connectivity index (χ0) is 33.9. The molecule has 0 atom stereocenters. The molecule has 0 aliphatic carbocycles. The third-order valence-electron chi connectivity index (χ3n) is 7.29. The Balaban J connectivity index is 0.000000148. The van der Waals surface area contributed by atoms with Crippen molar-refractivity contribution in [3.8, 4) is 11.5 Å². The van der Waals surface area contributed by atoms with Crippen molar-refractivity contribution in [1.29, 1.82) is 0 Å². The minimum atomic E-state index is -0.446. The van der Waals surface area contributed by atoms with Crippen LogP contribution in [-0.2, 0) is 17.3 Å². The van der Waals surface area contributed by atoms with Gasteiger partial charge in [-0.1, -0.05) is 194 Å². The number of rotatable bonds is 6. The number of hydrogen-bond acceptors (Lipinski definition) is 2. The number of benzene rings is 7. The molecule has 0 fully saturated rings. The molecule has 2 nitrogen and oxygen atoms in total. The molecule has 244 valence electrons. The maximum absolute atomic E-state index is 4.95. The average molecular weight is 783 g/mol. The van der Waals surface area contributed by atoms with E-state index in [0.29, 0.717) is 0 Å². The molecule has 1 aliphatic rings. The summed E-state index contributed by atoms with van der Waals surface area (Å²) in [7, 11) is 5.00. The monoisotopic (exact) mass is 782 g/mol. The Morgan fingerprint density at radius 3 is 0.694 bits per heavy atom. The summed E-state index contributed by atoms with van der Waals surface area (Å²) in [6.07, 6.45) is 0. The van der Waals surface area contributed by atoms with E-state index in [1.807, 2.05) is 41.6 Å². The minimum Gasteiger partial charge on any atom is -0.0622 e. The third kappa shape index (κ3) is 10.7. The topological polar surface area (TPSA) is 18.5 Å². The van der Waals surface area contributed by atoms with Gasteiger partial charge in [0.05, 0.1) is 0 Å². The van der Waals surface area contributed by atoms with Crippen LogP contribution < -0.4 is 41.1 Å². The standard InChI is InChI=1S/2C18H15P.C6H4BO2.ClH.Rh.H/c2*1-4-10-16(11-5-1)19(17-12-6-2-7-13-17)18-14-8-3-9-15-18;1-2-4-6-5(3-1)8-7-9-6;;;/h2*1-15H;1-4H;1H;;/q;;;;+1;/p-1. The maximum atomic E-state index is 4.95. The Morgan fingerprint density at radius 1 is 0.306 bits per heavy atom. The van der Waals surface area contributed by atoms with Crippen molar-refractivity contribution in [2.75, 3.05) is 0 Å². The molecule has 7 heteroatoms. The average Bonchev–Trinajstić information content (AvgIpc) is 3.68. The van der Waals surface area contributed by atoms with E-state index < -0.39 is 15.8 Å².